The summed E-state index contributed by atoms with van der Waals surface area (Å²) in [4.78, 5) is 7.93. The van der Waals surface area contributed by atoms with E-state index in [2.05, 4.69) is 16.8 Å². The fraction of sp³-hybridized carbons (Fsp3) is 0.800. The number of aromatic nitrogens is 1. The van der Waals surface area contributed by atoms with Gasteiger partial charge in [-0.15, -0.1) is 23.7 Å². The molecule has 0 radical (unpaired) electrons. The predicted octanol–water partition coefficient (Wildman–Crippen LogP) is 2.91. The quantitative estimate of drug-likeness (QED) is 0.894. The molecule has 3 N–H and O–H groups in total. The number of thiazole rings is 1. The van der Waals surface area contributed by atoms with Gasteiger partial charge in [0.15, 0.2) is 5.13 Å². The molecule has 1 aromatic rings. The molecule has 1 saturated carbocycles. The van der Waals surface area contributed by atoms with Crippen molar-refractivity contribution in [3.8, 4) is 0 Å². The molecule has 1 aliphatic carbocycles. The molecule has 4 atom stereocenters. The van der Waals surface area contributed by atoms with Crippen LogP contribution in [0.1, 0.15) is 43.9 Å². The van der Waals surface area contributed by atoms with E-state index >= 15 is 0 Å². The fourth-order valence-electron chi connectivity index (χ4n) is 3.95. The van der Waals surface area contributed by atoms with Crippen molar-refractivity contribution in [2.24, 2.45) is 11.8 Å². The van der Waals surface area contributed by atoms with Gasteiger partial charge < -0.3 is 10.8 Å². The van der Waals surface area contributed by atoms with Crippen LogP contribution < -0.4 is 5.73 Å². The van der Waals surface area contributed by atoms with Gasteiger partial charge in [-0.05, 0) is 44.6 Å². The first-order valence-electron chi connectivity index (χ1n) is 7.76. The SMILES string of the molecule is CC1CCC(O)C(C2CCCN2Cc2cnc(N)s2)C1.Cl. The van der Waals surface area contributed by atoms with Crippen molar-refractivity contribution in [1.29, 1.82) is 0 Å². The van der Waals surface area contributed by atoms with Crippen LogP contribution in [0.15, 0.2) is 6.20 Å². The summed E-state index contributed by atoms with van der Waals surface area (Å²) in [5.41, 5.74) is 5.72. The Hall–Kier alpha value is -0.360. The van der Waals surface area contributed by atoms with Crippen molar-refractivity contribution in [3.63, 3.8) is 0 Å². The third-order valence-electron chi connectivity index (χ3n) is 4.96. The standard InChI is InChI=1S/C15H25N3OS.ClH/c1-10-4-5-14(19)12(7-10)13-3-2-6-18(13)9-11-8-17-15(16)20-11;/h8,10,12-14,19H,2-7,9H2,1H3,(H2,16,17);1H. The molecule has 2 heterocycles. The predicted molar refractivity (Wildman–Crippen MR) is 89.7 cm³/mol. The number of nitrogens with zero attached hydrogens (tertiary/aromatic N) is 2. The maximum Gasteiger partial charge on any atom is 0.180 e. The van der Waals surface area contributed by atoms with Crippen molar-refractivity contribution in [2.75, 3.05) is 12.3 Å². The van der Waals surface area contributed by atoms with Crippen LogP contribution in [0.3, 0.4) is 0 Å². The molecule has 6 heteroatoms. The number of hydrogen-bond acceptors (Lipinski definition) is 5. The maximum atomic E-state index is 10.4. The summed E-state index contributed by atoms with van der Waals surface area (Å²) >= 11 is 1.59. The van der Waals surface area contributed by atoms with Crippen LogP contribution in [0.4, 0.5) is 5.13 Å². The lowest BCUT2D eigenvalue weighted by Gasteiger charge is -2.39. The van der Waals surface area contributed by atoms with E-state index in [4.69, 9.17) is 5.73 Å². The van der Waals surface area contributed by atoms with E-state index < -0.39 is 0 Å². The van der Waals surface area contributed by atoms with Gasteiger partial charge in [0.2, 0.25) is 0 Å². The molecule has 0 aromatic carbocycles. The summed E-state index contributed by atoms with van der Waals surface area (Å²) in [5.74, 6) is 1.21. The van der Waals surface area contributed by atoms with Gasteiger partial charge in [0.1, 0.15) is 0 Å². The Labute approximate surface area is 137 Å². The molecule has 0 amide bonds. The molecule has 1 saturated heterocycles. The number of nitrogens with two attached hydrogens (primary N) is 1. The molecular weight excluding hydrogens is 306 g/mol. The van der Waals surface area contributed by atoms with Crippen molar-refractivity contribution in [3.05, 3.63) is 11.1 Å². The summed E-state index contributed by atoms with van der Waals surface area (Å²) in [7, 11) is 0. The van der Waals surface area contributed by atoms with Crippen molar-refractivity contribution >= 4 is 28.9 Å². The lowest BCUT2D eigenvalue weighted by atomic mass is 9.76. The van der Waals surface area contributed by atoms with Gasteiger partial charge in [-0.1, -0.05) is 6.92 Å². The average molecular weight is 332 g/mol. The number of rotatable bonds is 3. The fourth-order valence-corrected chi connectivity index (χ4v) is 4.66. The van der Waals surface area contributed by atoms with Crippen LogP contribution in [0.5, 0.6) is 0 Å². The van der Waals surface area contributed by atoms with Crippen LogP contribution in [-0.4, -0.2) is 33.7 Å². The second-order valence-corrected chi connectivity index (χ2v) is 7.64. The number of aliphatic hydroxyl groups is 1. The van der Waals surface area contributed by atoms with Crippen LogP contribution in [0, 0.1) is 11.8 Å². The first kappa shape index (κ1) is 17.0. The molecule has 1 aromatic heterocycles. The van der Waals surface area contributed by atoms with Crippen LogP contribution in [0.25, 0.3) is 0 Å². The number of nitrogen functional groups attached to an aromatic ring is 1. The van der Waals surface area contributed by atoms with Crippen molar-refractivity contribution < 1.29 is 5.11 Å². The van der Waals surface area contributed by atoms with Gasteiger partial charge in [0.05, 0.1) is 6.10 Å². The topological polar surface area (TPSA) is 62.4 Å². The molecule has 2 aliphatic rings. The number of aliphatic hydroxyl groups excluding tert-OH is 1. The number of halogens is 1. The van der Waals surface area contributed by atoms with Gasteiger partial charge in [0.25, 0.3) is 0 Å². The zero-order chi connectivity index (χ0) is 14.1. The third kappa shape index (κ3) is 3.89. The van der Waals surface area contributed by atoms with Gasteiger partial charge >= 0.3 is 0 Å². The second kappa shape index (κ2) is 7.27. The van der Waals surface area contributed by atoms with E-state index in [9.17, 15) is 5.11 Å². The Morgan fingerprint density at radius 2 is 2.24 bits per heavy atom. The Morgan fingerprint density at radius 1 is 1.43 bits per heavy atom. The van der Waals surface area contributed by atoms with E-state index in [1.807, 2.05) is 6.20 Å². The van der Waals surface area contributed by atoms with Gasteiger partial charge in [0, 0.05) is 29.6 Å². The van der Waals surface area contributed by atoms with E-state index in [1.165, 1.54) is 30.6 Å². The molecule has 4 nitrogen and oxygen atoms in total. The largest absolute Gasteiger partial charge is 0.393 e. The summed E-state index contributed by atoms with van der Waals surface area (Å²) in [6.07, 6.45) is 7.59. The molecule has 21 heavy (non-hydrogen) atoms. The summed E-state index contributed by atoms with van der Waals surface area (Å²) < 4.78 is 0. The smallest absolute Gasteiger partial charge is 0.180 e. The lowest BCUT2D eigenvalue weighted by molar-refractivity contribution is 0.00574. The molecule has 2 fully saturated rings. The minimum absolute atomic E-state index is 0. The highest BCUT2D eigenvalue weighted by Crippen LogP contribution is 2.37. The van der Waals surface area contributed by atoms with E-state index in [0.717, 1.165) is 25.4 Å². The Balaban J connectivity index is 0.00000161. The molecule has 4 unspecified atom stereocenters. The van der Waals surface area contributed by atoms with Gasteiger partial charge in [-0.25, -0.2) is 4.98 Å². The summed E-state index contributed by atoms with van der Waals surface area (Å²) in [6.45, 7) is 4.40. The van der Waals surface area contributed by atoms with Crippen molar-refractivity contribution in [2.45, 2.75) is 57.7 Å². The van der Waals surface area contributed by atoms with Gasteiger partial charge in [-0.3, -0.25) is 4.90 Å². The average Bonchev–Trinajstić information content (AvgIpc) is 3.02. The highest BCUT2D eigenvalue weighted by molar-refractivity contribution is 7.15. The minimum Gasteiger partial charge on any atom is -0.393 e. The first-order valence-corrected chi connectivity index (χ1v) is 8.57. The highest BCUT2D eigenvalue weighted by Gasteiger charge is 2.38. The van der Waals surface area contributed by atoms with E-state index in [0.29, 0.717) is 17.1 Å². The maximum absolute atomic E-state index is 10.4. The number of likely N-dealkylation sites (tertiary alicyclic amines) is 1. The third-order valence-corrected chi connectivity index (χ3v) is 5.77. The number of hydrogen-bond donors (Lipinski definition) is 2. The second-order valence-electron chi connectivity index (χ2n) is 6.49. The Kier molecular flexibility index (Phi) is 5.88. The van der Waals surface area contributed by atoms with Crippen LogP contribution in [0.2, 0.25) is 0 Å². The Bertz CT molecular complexity index is 456. The summed E-state index contributed by atoms with van der Waals surface area (Å²) in [6, 6.07) is 0.538. The minimum atomic E-state index is -0.108. The lowest BCUT2D eigenvalue weighted by Crippen LogP contribution is -2.43. The molecule has 120 valence electrons. The monoisotopic (exact) mass is 331 g/mol. The van der Waals surface area contributed by atoms with E-state index in [-0.39, 0.29) is 18.5 Å². The normalized spacial score (nSPS) is 33.8. The van der Waals surface area contributed by atoms with E-state index in [1.54, 1.807) is 11.3 Å². The summed E-state index contributed by atoms with van der Waals surface area (Å²) in [5, 5.41) is 11.0. The number of anilines is 1. The zero-order valence-corrected chi connectivity index (χ0v) is 14.2. The molecular formula is C15H26ClN3OS. The highest BCUT2D eigenvalue weighted by atomic mass is 35.5. The van der Waals surface area contributed by atoms with Crippen molar-refractivity contribution in [1.82, 2.24) is 9.88 Å². The molecule has 0 spiro atoms. The zero-order valence-electron chi connectivity index (χ0n) is 12.6. The molecule has 0 bridgehead atoms. The van der Waals surface area contributed by atoms with Crippen LogP contribution in [-0.2, 0) is 6.54 Å². The Morgan fingerprint density at radius 3 is 2.95 bits per heavy atom. The molecule has 3 rings (SSSR count). The van der Waals surface area contributed by atoms with Crippen LogP contribution >= 0.6 is 23.7 Å². The van der Waals surface area contributed by atoms with Gasteiger partial charge in [-0.2, -0.15) is 0 Å². The first-order chi connectivity index (χ1) is 9.63. The molecule has 1 aliphatic heterocycles.